The van der Waals surface area contributed by atoms with Crippen molar-refractivity contribution in [1.82, 2.24) is 0 Å². The van der Waals surface area contributed by atoms with E-state index in [4.69, 9.17) is 4.74 Å². The van der Waals surface area contributed by atoms with Crippen molar-refractivity contribution in [3.05, 3.63) is 35.4 Å². The Hall–Kier alpha value is -0.800. The Balaban J connectivity index is 1.64. The van der Waals surface area contributed by atoms with Crippen LogP contribution in [-0.4, -0.2) is 35.8 Å². The number of hydrogen-bond donors (Lipinski definition) is 0. The molecule has 2 nitrogen and oxygen atoms in total. The van der Waals surface area contributed by atoms with Crippen LogP contribution in [0.25, 0.3) is 0 Å². The van der Waals surface area contributed by atoms with E-state index in [1.165, 1.54) is 37.7 Å². The molecule has 1 atom stereocenters. The number of ether oxygens (including phenoxy) is 1. The molecule has 1 aromatic carbocycles. The molecule has 0 radical (unpaired) electrons. The minimum absolute atomic E-state index is 0.143. The summed E-state index contributed by atoms with van der Waals surface area (Å²) in [5.41, 5.74) is 2.32. The maximum absolute atomic E-state index is 12.7. The number of rotatable bonds is 4. The van der Waals surface area contributed by atoms with Crippen LogP contribution in [0.2, 0.25) is 0 Å². The SMILES string of the molecule is CC(C(=O)c1ccc(C2CCCCC2)cc1)[S+]1CCOCC1. The average molecular weight is 319 g/mol. The second kappa shape index (κ2) is 7.65. The summed E-state index contributed by atoms with van der Waals surface area (Å²) in [6, 6.07) is 8.52. The monoisotopic (exact) mass is 319 g/mol. The van der Waals surface area contributed by atoms with Gasteiger partial charge in [-0.3, -0.25) is 4.79 Å². The molecule has 1 saturated carbocycles. The van der Waals surface area contributed by atoms with Crippen LogP contribution < -0.4 is 0 Å². The lowest BCUT2D eigenvalue weighted by Gasteiger charge is -2.22. The van der Waals surface area contributed by atoms with E-state index in [2.05, 4.69) is 31.2 Å². The fourth-order valence-electron chi connectivity index (χ4n) is 3.63. The quantitative estimate of drug-likeness (QED) is 0.620. The minimum atomic E-state index is 0.143. The van der Waals surface area contributed by atoms with Gasteiger partial charge in [0.1, 0.15) is 11.5 Å². The molecular weight excluding hydrogens is 292 g/mol. The van der Waals surface area contributed by atoms with Gasteiger partial charge in [0, 0.05) is 16.5 Å². The second-order valence-corrected chi connectivity index (χ2v) is 9.12. The number of carbonyl (C=O) groups is 1. The van der Waals surface area contributed by atoms with Crippen LogP contribution in [0.3, 0.4) is 0 Å². The third kappa shape index (κ3) is 3.75. The minimum Gasteiger partial charge on any atom is -0.372 e. The van der Waals surface area contributed by atoms with E-state index < -0.39 is 0 Å². The highest BCUT2D eigenvalue weighted by Gasteiger charge is 2.34. The van der Waals surface area contributed by atoms with Gasteiger partial charge in [0.25, 0.3) is 0 Å². The molecule has 0 bridgehead atoms. The zero-order valence-corrected chi connectivity index (χ0v) is 14.4. The largest absolute Gasteiger partial charge is 0.372 e. The number of benzene rings is 1. The van der Waals surface area contributed by atoms with Crippen molar-refractivity contribution in [3.8, 4) is 0 Å². The molecule has 3 rings (SSSR count). The van der Waals surface area contributed by atoms with Crippen LogP contribution in [0.15, 0.2) is 24.3 Å². The van der Waals surface area contributed by atoms with E-state index in [0.29, 0.717) is 11.7 Å². The van der Waals surface area contributed by atoms with Crippen LogP contribution >= 0.6 is 0 Å². The first-order valence-electron chi connectivity index (χ1n) is 8.64. The van der Waals surface area contributed by atoms with Crippen molar-refractivity contribution >= 4 is 16.7 Å². The summed E-state index contributed by atoms with van der Waals surface area (Å²) in [7, 11) is 0.196. The number of hydrogen-bond acceptors (Lipinski definition) is 2. The molecule has 2 aliphatic rings. The molecule has 2 fully saturated rings. The van der Waals surface area contributed by atoms with E-state index in [1.807, 2.05) is 0 Å². The van der Waals surface area contributed by atoms with Crippen LogP contribution in [0, 0.1) is 0 Å². The van der Waals surface area contributed by atoms with E-state index >= 15 is 0 Å². The van der Waals surface area contributed by atoms with Crippen LogP contribution in [0.4, 0.5) is 0 Å². The maximum atomic E-state index is 12.7. The molecule has 1 heterocycles. The van der Waals surface area contributed by atoms with E-state index in [1.54, 1.807) is 0 Å². The molecule has 1 aliphatic heterocycles. The summed E-state index contributed by atoms with van der Waals surface area (Å²) >= 11 is 0. The molecule has 0 aromatic heterocycles. The summed E-state index contributed by atoms with van der Waals surface area (Å²) in [6.07, 6.45) is 6.72. The lowest BCUT2D eigenvalue weighted by atomic mass is 9.84. The van der Waals surface area contributed by atoms with Gasteiger partial charge in [-0.25, -0.2) is 0 Å². The third-order valence-electron chi connectivity index (χ3n) is 5.12. The molecule has 120 valence electrons. The standard InChI is InChI=1S/C19H27O2S/c1-15(22-13-11-21-12-14-22)19(20)18-9-7-17(8-10-18)16-5-3-2-4-6-16/h7-10,15-16H,2-6,11-14H2,1H3/q+1. The smallest absolute Gasteiger partial charge is 0.214 e. The maximum Gasteiger partial charge on any atom is 0.214 e. The summed E-state index contributed by atoms with van der Waals surface area (Å²) in [5.74, 6) is 3.13. The van der Waals surface area contributed by atoms with Gasteiger partial charge >= 0.3 is 0 Å². The van der Waals surface area contributed by atoms with Crippen molar-refractivity contribution in [2.45, 2.75) is 50.2 Å². The van der Waals surface area contributed by atoms with E-state index in [9.17, 15) is 4.79 Å². The summed E-state index contributed by atoms with van der Waals surface area (Å²) in [5, 5.41) is 0.143. The highest BCUT2D eigenvalue weighted by atomic mass is 32.2. The number of ketones is 1. The topological polar surface area (TPSA) is 26.3 Å². The Kier molecular flexibility index (Phi) is 5.59. The fourth-order valence-corrected chi connectivity index (χ4v) is 5.65. The Morgan fingerprint density at radius 3 is 2.36 bits per heavy atom. The Morgan fingerprint density at radius 2 is 1.73 bits per heavy atom. The van der Waals surface area contributed by atoms with Gasteiger partial charge in [-0.05, 0) is 31.2 Å². The van der Waals surface area contributed by atoms with Crippen LogP contribution in [0.1, 0.15) is 60.9 Å². The molecule has 0 amide bonds. The molecule has 3 heteroatoms. The first-order chi connectivity index (χ1) is 10.8. The molecule has 0 spiro atoms. The van der Waals surface area contributed by atoms with Crippen molar-refractivity contribution in [1.29, 1.82) is 0 Å². The summed E-state index contributed by atoms with van der Waals surface area (Å²) in [6.45, 7) is 3.74. The Bertz CT molecular complexity index is 485. The zero-order chi connectivity index (χ0) is 15.4. The van der Waals surface area contributed by atoms with Gasteiger partial charge in [-0.15, -0.1) is 0 Å². The van der Waals surface area contributed by atoms with Gasteiger partial charge < -0.3 is 4.74 Å². The molecule has 1 aliphatic carbocycles. The molecular formula is C19H27O2S+. The van der Waals surface area contributed by atoms with Gasteiger partial charge in [0.2, 0.25) is 5.78 Å². The van der Waals surface area contributed by atoms with Gasteiger partial charge in [0.15, 0.2) is 5.25 Å². The summed E-state index contributed by atoms with van der Waals surface area (Å²) in [4.78, 5) is 12.7. The average Bonchev–Trinajstić information content (AvgIpc) is 2.62. The third-order valence-corrected chi connectivity index (χ3v) is 7.72. The van der Waals surface area contributed by atoms with Crippen molar-refractivity contribution in [2.24, 2.45) is 0 Å². The van der Waals surface area contributed by atoms with Gasteiger partial charge in [-0.2, -0.15) is 0 Å². The van der Waals surface area contributed by atoms with Gasteiger partial charge in [0.05, 0.1) is 13.2 Å². The van der Waals surface area contributed by atoms with Crippen molar-refractivity contribution in [2.75, 3.05) is 24.7 Å². The normalized spacial score (nSPS) is 22.4. The predicted molar refractivity (Wildman–Crippen MR) is 94.0 cm³/mol. The molecule has 22 heavy (non-hydrogen) atoms. The van der Waals surface area contributed by atoms with E-state index in [0.717, 1.165) is 30.3 Å². The van der Waals surface area contributed by atoms with E-state index in [-0.39, 0.29) is 16.1 Å². The second-order valence-electron chi connectivity index (χ2n) is 6.52. The van der Waals surface area contributed by atoms with Crippen LogP contribution in [0.5, 0.6) is 0 Å². The number of carbonyl (C=O) groups excluding carboxylic acids is 1. The van der Waals surface area contributed by atoms with Crippen molar-refractivity contribution in [3.63, 3.8) is 0 Å². The first-order valence-corrected chi connectivity index (χ1v) is 10.3. The molecule has 1 unspecified atom stereocenters. The van der Waals surface area contributed by atoms with Crippen LogP contribution in [-0.2, 0) is 15.6 Å². The fraction of sp³-hybridized carbons (Fsp3) is 0.632. The first kappa shape index (κ1) is 16.1. The lowest BCUT2D eigenvalue weighted by Crippen LogP contribution is -2.38. The zero-order valence-electron chi connectivity index (χ0n) is 13.6. The lowest BCUT2D eigenvalue weighted by molar-refractivity contribution is 0.0991. The Labute approximate surface area is 137 Å². The van der Waals surface area contributed by atoms with Gasteiger partial charge in [-0.1, -0.05) is 43.5 Å². The highest BCUT2D eigenvalue weighted by molar-refractivity contribution is 7.98. The summed E-state index contributed by atoms with van der Waals surface area (Å²) < 4.78 is 5.41. The molecule has 0 N–H and O–H groups in total. The molecule has 1 saturated heterocycles. The number of Topliss-reactive ketones (excluding diaryl/α,β-unsaturated/α-hetero) is 1. The van der Waals surface area contributed by atoms with Crippen molar-refractivity contribution < 1.29 is 9.53 Å². The highest BCUT2D eigenvalue weighted by Crippen LogP contribution is 2.32. The Morgan fingerprint density at radius 1 is 1.09 bits per heavy atom. The predicted octanol–water partition coefficient (Wildman–Crippen LogP) is 3.95. The molecule has 1 aromatic rings.